The predicted molar refractivity (Wildman–Crippen MR) is 68.5 cm³/mol. The van der Waals surface area contributed by atoms with Gasteiger partial charge in [-0.1, -0.05) is 30.3 Å². The molecule has 0 unspecified atom stereocenters. The average molecular weight is 253 g/mol. The Morgan fingerprint density at radius 1 is 1.26 bits per heavy atom. The van der Waals surface area contributed by atoms with Crippen molar-refractivity contribution in [2.45, 2.75) is 6.61 Å². The molecule has 2 aromatic rings. The molecule has 2 rings (SSSR count). The standard InChI is InChI=1S/C15H11NO3/c16-10-13(9-14-7-4-8-18-14)15(17)19-11-12-5-2-1-3-6-12/h1-9H,11H2. The molecule has 94 valence electrons. The first-order valence-electron chi connectivity index (χ1n) is 5.66. The number of nitrogens with zero attached hydrogens (tertiary/aromatic N) is 1. The number of hydrogen-bond acceptors (Lipinski definition) is 4. The van der Waals surface area contributed by atoms with Crippen LogP contribution >= 0.6 is 0 Å². The number of benzene rings is 1. The van der Waals surface area contributed by atoms with Gasteiger partial charge in [0, 0.05) is 6.08 Å². The molecule has 0 saturated carbocycles. The predicted octanol–water partition coefficient (Wildman–Crippen LogP) is 2.93. The van der Waals surface area contributed by atoms with Crippen molar-refractivity contribution in [3.8, 4) is 6.07 Å². The highest BCUT2D eigenvalue weighted by atomic mass is 16.5. The molecule has 0 spiro atoms. The topological polar surface area (TPSA) is 63.2 Å². The maximum absolute atomic E-state index is 11.7. The van der Waals surface area contributed by atoms with Crippen molar-refractivity contribution in [3.63, 3.8) is 0 Å². The van der Waals surface area contributed by atoms with Crippen molar-refractivity contribution in [1.82, 2.24) is 0 Å². The van der Waals surface area contributed by atoms with Crippen molar-refractivity contribution >= 4 is 12.0 Å². The number of carbonyl (C=O) groups excluding carboxylic acids is 1. The summed E-state index contributed by atoms with van der Waals surface area (Å²) in [6, 6.07) is 14.4. The van der Waals surface area contributed by atoms with Gasteiger partial charge in [-0.15, -0.1) is 0 Å². The van der Waals surface area contributed by atoms with Crippen LogP contribution in [0.15, 0.2) is 58.7 Å². The lowest BCUT2D eigenvalue weighted by Gasteiger charge is -2.03. The number of esters is 1. The Morgan fingerprint density at radius 2 is 2.05 bits per heavy atom. The molecule has 19 heavy (non-hydrogen) atoms. The molecule has 0 N–H and O–H groups in total. The van der Waals surface area contributed by atoms with E-state index >= 15 is 0 Å². The zero-order valence-electron chi connectivity index (χ0n) is 10.1. The molecule has 1 aromatic carbocycles. The molecule has 0 fully saturated rings. The van der Waals surface area contributed by atoms with E-state index in [-0.39, 0.29) is 12.2 Å². The van der Waals surface area contributed by atoms with Gasteiger partial charge < -0.3 is 9.15 Å². The van der Waals surface area contributed by atoms with Gasteiger partial charge in [-0.25, -0.2) is 4.79 Å². The van der Waals surface area contributed by atoms with Gasteiger partial charge in [-0.3, -0.25) is 0 Å². The lowest BCUT2D eigenvalue weighted by Crippen LogP contribution is -2.06. The fourth-order valence-electron chi connectivity index (χ4n) is 1.45. The fourth-order valence-corrected chi connectivity index (χ4v) is 1.45. The monoisotopic (exact) mass is 253 g/mol. The number of ether oxygens (including phenoxy) is 1. The van der Waals surface area contributed by atoms with Gasteiger partial charge in [0.15, 0.2) is 0 Å². The third-order valence-corrected chi connectivity index (χ3v) is 2.38. The Labute approximate surface area is 110 Å². The number of hydrogen-bond donors (Lipinski definition) is 0. The van der Waals surface area contributed by atoms with Crippen LogP contribution in [-0.4, -0.2) is 5.97 Å². The Balaban J connectivity index is 2.01. The van der Waals surface area contributed by atoms with Crippen molar-refractivity contribution in [2.75, 3.05) is 0 Å². The average Bonchev–Trinajstić information content (AvgIpc) is 2.96. The Kier molecular flexibility index (Phi) is 4.14. The molecule has 0 radical (unpaired) electrons. The third-order valence-electron chi connectivity index (χ3n) is 2.38. The molecule has 0 aliphatic rings. The molecule has 0 saturated heterocycles. The highest BCUT2D eigenvalue weighted by Gasteiger charge is 2.11. The minimum atomic E-state index is -0.664. The number of carbonyl (C=O) groups is 1. The number of nitriles is 1. The molecule has 4 nitrogen and oxygen atoms in total. The van der Waals surface area contributed by atoms with Crippen molar-refractivity contribution in [2.24, 2.45) is 0 Å². The summed E-state index contributed by atoms with van der Waals surface area (Å²) in [5, 5.41) is 8.93. The quantitative estimate of drug-likeness (QED) is 0.477. The van der Waals surface area contributed by atoms with Crippen LogP contribution in [0.4, 0.5) is 0 Å². The summed E-state index contributed by atoms with van der Waals surface area (Å²) >= 11 is 0. The van der Waals surface area contributed by atoms with Gasteiger partial charge >= 0.3 is 5.97 Å². The molecular formula is C15H11NO3. The molecule has 1 heterocycles. The number of rotatable bonds is 4. The second-order valence-electron chi connectivity index (χ2n) is 3.75. The second kappa shape index (κ2) is 6.22. The van der Waals surface area contributed by atoms with E-state index in [9.17, 15) is 4.79 Å². The summed E-state index contributed by atoms with van der Waals surface area (Å²) in [7, 11) is 0. The number of furan rings is 1. The van der Waals surface area contributed by atoms with Crippen molar-refractivity contribution < 1.29 is 13.9 Å². The maximum Gasteiger partial charge on any atom is 0.349 e. The summed E-state index contributed by atoms with van der Waals surface area (Å²) in [6.45, 7) is 0.136. The van der Waals surface area contributed by atoms with Gasteiger partial charge in [0.05, 0.1) is 6.26 Å². The lowest BCUT2D eigenvalue weighted by molar-refractivity contribution is -0.139. The first-order chi connectivity index (χ1) is 9.29. The molecule has 0 bridgehead atoms. The van der Waals surface area contributed by atoms with Crippen LogP contribution < -0.4 is 0 Å². The van der Waals surface area contributed by atoms with Crippen LogP contribution in [0, 0.1) is 11.3 Å². The Hall–Kier alpha value is -2.80. The van der Waals surface area contributed by atoms with E-state index in [0.717, 1.165) is 5.56 Å². The minimum absolute atomic E-state index is 0.0918. The highest BCUT2D eigenvalue weighted by Crippen LogP contribution is 2.09. The molecule has 0 aliphatic heterocycles. The van der Waals surface area contributed by atoms with Crippen LogP contribution in [0.2, 0.25) is 0 Å². The van der Waals surface area contributed by atoms with E-state index in [1.54, 1.807) is 18.2 Å². The third kappa shape index (κ3) is 3.58. The van der Waals surface area contributed by atoms with E-state index in [4.69, 9.17) is 14.4 Å². The summed E-state index contributed by atoms with van der Waals surface area (Å²) in [5.74, 6) is -0.226. The van der Waals surface area contributed by atoms with Crippen LogP contribution in [0.1, 0.15) is 11.3 Å². The normalized spacial score (nSPS) is 10.8. The van der Waals surface area contributed by atoms with Gasteiger partial charge in [0.2, 0.25) is 0 Å². The lowest BCUT2D eigenvalue weighted by atomic mass is 10.2. The van der Waals surface area contributed by atoms with Gasteiger partial charge in [-0.2, -0.15) is 5.26 Å². The summed E-state index contributed by atoms with van der Waals surface area (Å²) < 4.78 is 10.1. The van der Waals surface area contributed by atoms with Crippen molar-refractivity contribution in [1.29, 1.82) is 5.26 Å². The van der Waals surface area contributed by atoms with E-state index in [0.29, 0.717) is 5.76 Å². The SMILES string of the molecule is N#CC(=Cc1ccco1)C(=O)OCc1ccccc1. The van der Waals surface area contributed by atoms with Crippen molar-refractivity contribution in [3.05, 3.63) is 65.6 Å². The van der Waals surface area contributed by atoms with Crippen LogP contribution in [-0.2, 0) is 16.1 Å². The van der Waals surface area contributed by atoms with E-state index in [2.05, 4.69) is 0 Å². The first-order valence-corrected chi connectivity index (χ1v) is 5.66. The summed E-state index contributed by atoms with van der Waals surface area (Å²) in [6.07, 6.45) is 2.82. The van der Waals surface area contributed by atoms with Crippen LogP contribution in [0.3, 0.4) is 0 Å². The molecule has 1 aromatic heterocycles. The Morgan fingerprint density at radius 3 is 2.68 bits per heavy atom. The van der Waals surface area contributed by atoms with E-state index in [1.807, 2.05) is 30.3 Å². The maximum atomic E-state index is 11.7. The van der Waals surface area contributed by atoms with Gasteiger partial charge in [0.25, 0.3) is 0 Å². The van der Waals surface area contributed by atoms with E-state index < -0.39 is 5.97 Å². The summed E-state index contributed by atoms with van der Waals surface area (Å²) in [4.78, 5) is 11.7. The highest BCUT2D eigenvalue weighted by molar-refractivity contribution is 5.97. The van der Waals surface area contributed by atoms with Crippen LogP contribution in [0.5, 0.6) is 0 Å². The van der Waals surface area contributed by atoms with Crippen LogP contribution in [0.25, 0.3) is 6.08 Å². The zero-order chi connectivity index (χ0) is 13.5. The molecule has 4 heteroatoms. The fraction of sp³-hybridized carbons (Fsp3) is 0.0667. The first kappa shape index (κ1) is 12.7. The molecule has 0 atom stereocenters. The molecular weight excluding hydrogens is 242 g/mol. The Bertz CT molecular complexity index is 607. The van der Waals surface area contributed by atoms with Gasteiger partial charge in [-0.05, 0) is 17.7 Å². The second-order valence-corrected chi connectivity index (χ2v) is 3.75. The minimum Gasteiger partial charge on any atom is -0.465 e. The summed E-state index contributed by atoms with van der Waals surface area (Å²) in [5.41, 5.74) is 0.775. The van der Waals surface area contributed by atoms with Gasteiger partial charge in [0.1, 0.15) is 24.0 Å². The molecule has 0 aliphatic carbocycles. The van der Waals surface area contributed by atoms with E-state index in [1.165, 1.54) is 12.3 Å². The smallest absolute Gasteiger partial charge is 0.349 e. The molecule has 0 amide bonds. The zero-order valence-corrected chi connectivity index (χ0v) is 10.1. The largest absolute Gasteiger partial charge is 0.465 e.